The van der Waals surface area contributed by atoms with Crippen LogP contribution in [0.2, 0.25) is 0 Å². The summed E-state index contributed by atoms with van der Waals surface area (Å²) in [4.78, 5) is 41.0. The first-order valence-electron chi connectivity index (χ1n) is 12.7. The summed E-state index contributed by atoms with van der Waals surface area (Å²) in [6.07, 6.45) is -1.99. The lowest BCUT2D eigenvalue weighted by atomic mass is 9.97. The van der Waals surface area contributed by atoms with Gasteiger partial charge in [-0.25, -0.2) is 14.4 Å². The molecule has 5 atom stereocenters. The van der Waals surface area contributed by atoms with Gasteiger partial charge in [-0.2, -0.15) is 13.8 Å². The summed E-state index contributed by atoms with van der Waals surface area (Å²) in [6, 6.07) is 0.0527. The number of anilines is 1. The molecule has 12 nitrogen and oxygen atoms in total. The predicted molar refractivity (Wildman–Crippen MR) is 132 cm³/mol. The van der Waals surface area contributed by atoms with Crippen molar-refractivity contribution >= 4 is 25.4 Å². The molecule has 15 heteroatoms. The molecule has 0 aliphatic carbocycles. The minimum Gasteiger partial charge on any atom is -0.462 e. The standard InChI is InChI=1S/C23H35F2N4O8P/c1-6-8-15(9-7-2)19(30)26-17-10-11-29(22(32)27-17)21-23(24,25)18-16(36-21)12-34-38(33,37-18)28-14(5)20(31)35-13(3)4/h10-11,13-16,18,21H,6-9,12H2,1-5H3,(H,28,33)(H,26,27,30,32)/t14-,16-,18-,21-,38-/m1/s1. The number of alkyl halides is 2. The lowest BCUT2D eigenvalue weighted by Crippen LogP contribution is -2.47. The van der Waals surface area contributed by atoms with Gasteiger partial charge in [0.1, 0.15) is 18.0 Å². The fraction of sp³-hybridized carbons (Fsp3) is 0.739. The number of hydrogen-bond acceptors (Lipinski definition) is 9. The van der Waals surface area contributed by atoms with Gasteiger partial charge in [0.25, 0.3) is 0 Å². The first-order valence-corrected chi connectivity index (χ1v) is 14.2. The Bertz CT molecular complexity index is 1110. The summed E-state index contributed by atoms with van der Waals surface area (Å²) in [7, 11) is -4.35. The van der Waals surface area contributed by atoms with Gasteiger partial charge in [0.05, 0.1) is 12.7 Å². The maximum atomic E-state index is 15.4. The van der Waals surface area contributed by atoms with Gasteiger partial charge in [-0.15, -0.1) is 0 Å². The van der Waals surface area contributed by atoms with Crippen LogP contribution in [0.5, 0.6) is 0 Å². The second kappa shape index (κ2) is 12.3. The Hall–Kier alpha value is -2.25. The van der Waals surface area contributed by atoms with Crippen molar-refractivity contribution < 1.29 is 41.5 Å². The largest absolute Gasteiger partial charge is 0.462 e. The van der Waals surface area contributed by atoms with Crippen LogP contribution >= 0.6 is 7.75 Å². The molecule has 0 saturated carbocycles. The average molecular weight is 565 g/mol. The van der Waals surface area contributed by atoms with Crippen LogP contribution in [0.25, 0.3) is 0 Å². The second-order valence-corrected chi connectivity index (χ2v) is 11.3. The number of nitrogens with zero attached hydrogens (tertiary/aromatic N) is 2. The molecular formula is C23H35F2N4O8P. The first-order chi connectivity index (χ1) is 17.8. The van der Waals surface area contributed by atoms with Gasteiger partial charge in [0.2, 0.25) is 12.1 Å². The van der Waals surface area contributed by atoms with Crippen LogP contribution in [-0.2, 0) is 32.7 Å². The summed E-state index contributed by atoms with van der Waals surface area (Å²) in [5.41, 5.74) is -1.08. The fourth-order valence-electron chi connectivity index (χ4n) is 4.27. The highest BCUT2D eigenvalue weighted by Crippen LogP contribution is 2.57. The number of aromatic nitrogens is 2. The molecule has 2 aliphatic heterocycles. The van der Waals surface area contributed by atoms with Crippen LogP contribution < -0.4 is 16.1 Å². The minimum absolute atomic E-state index is 0.0669. The lowest BCUT2D eigenvalue weighted by Gasteiger charge is -2.33. The van der Waals surface area contributed by atoms with E-state index in [4.69, 9.17) is 18.5 Å². The Morgan fingerprint density at radius 3 is 2.50 bits per heavy atom. The zero-order valence-electron chi connectivity index (χ0n) is 22.0. The molecule has 3 rings (SSSR count). The van der Waals surface area contributed by atoms with Gasteiger partial charge in [-0.05, 0) is 39.7 Å². The minimum atomic E-state index is -4.35. The number of hydrogen-bond donors (Lipinski definition) is 2. The molecule has 214 valence electrons. The molecule has 1 aromatic heterocycles. The maximum Gasteiger partial charge on any atom is 0.406 e. The lowest BCUT2D eigenvalue weighted by molar-refractivity contribution is -0.149. The highest BCUT2D eigenvalue weighted by Gasteiger charge is 2.65. The van der Waals surface area contributed by atoms with Crippen molar-refractivity contribution in [2.75, 3.05) is 11.9 Å². The predicted octanol–water partition coefficient (Wildman–Crippen LogP) is 3.38. The van der Waals surface area contributed by atoms with Crippen LogP contribution in [0, 0.1) is 5.92 Å². The number of ether oxygens (including phenoxy) is 2. The van der Waals surface area contributed by atoms with Gasteiger partial charge in [0, 0.05) is 12.1 Å². The molecule has 1 aromatic rings. The molecule has 38 heavy (non-hydrogen) atoms. The van der Waals surface area contributed by atoms with Crippen molar-refractivity contribution in [1.82, 2.24) is 14.6 Å². The van der Waals surface area contributed by atoms with Gasteiger partial charge < -0.3 is 14.8 Å². The smallest absolute Gasteiger partial charge is 0.406 e. The average Bonchev–Trinajstić information content (AvgIpc) is 3.08. The Morgan fingerprint density at radius 2 is 1.92 bits per heavy atom. The van der Waals surface area contributed by atoms with E-state index >= 15 is 8.78 Å². The Morgan fingerprint density at radius 1 is 1.26 bits per heavy atom. The van der Waals surface area contributed by atoms with Crippen LogP contribution in [0.4, 0.5) is 14.6 Å². The van der Waals surface area contributed by atoms with Crippen molar-refractivity contribution in [3.63, 3.8) is 0 Å². The second-order valence-electron chi connectivity index (χ2n) is 9.62. The topological polar surface area (TPSA) is 147 Å². The molecule has 0 bridgehead atoms. The van der Waals surface area contributed by atoms with Crippen molar-refractivity contribution in [1.29, 1.82) is 0 Å². The van der Waals surface area contributed by atoms with Crippen molar-refractivity contribution in [3.05, 3.63) is 22.7 Å². The number of amides is 1. The fourth-order valence-corrected chi connectivity index (χ4v) is 5.96. The van der Waals surface area contributed by atoms with E-state index in [1.165, 1.54) is 13.0 Å². The third kappa shape index (κ3) is 6.84. The molecule has 0 radical (unpaired) electrons. The molecule has 1 amide bonds. The van der Waals surface area contributed by atoms with E-state index in [-0.39, 0.29) is 17.6 Å². The number of fused-ring (bicyclic) bond motifs is 1. The molecule has 0 spiro atoms. The van der Waals surface area contributed by atoms with Crippen molar-refractivity contribution in [2.45, 2.75) is 96.8 Å². The quantitative estimate of drug-likeness (QED) is 0.303. The number of halogens is 2. The molecular weight excluding hydrogens is 529 g/mol. The number of nitrogens with one attached hydrogen (secondary N) is 2. The summed E-state index contributed by atoms with van der Waals surface area (Å²) in [6.45, 7) is 7.94. The number of carbonyl (C=O) groups excluding carboxylic acids is 2. The zero-order valence-corrected chi connectivity index (χ0v) is 22.9. The molecule has 3 heterocycles. The van der Waals surface area contributed by atoms with Crippen LogP contribution in [0.15, 0.2) is 17.1 Å². The van der Waals surface area contributed by atoms with Crippen LogP contribution in [0.3, 0.4) is 0 Å². The highest BCUT2D eigenvalue weighted by atomic mass is 31.2. The number of rotatable bonds is 11. The molecule has 2 saturated heterocycles. The van der Waals surface area contributed by atoms with Gasteiger partial charge >= 0.3 is 25.3 Å². The van der Waals surface area contributed by atoms with E-state index in [9.17, 15) is 18.9 Å². The molecule has 0 unspecified atom stereocenters. The monoisotopic (exact) mass is 564 g/mol. The van der Waals surface area contributed by atoms with E-state index in [0.29, 0.717) is 17.4 Å². The van der Waals surface area contributed by atoms with Gasteiger partial charge in [0.15, 0.2) is 6.10 Å². The SMILES string of the molecule is CCCC(CCC)C(=O)Nc1ccn([C@@H]2O[C@@H]3CO[P@](=O)(N[C@H](C)C(=O)OC(C)C)O[C@H]3C2(F)F)c(=O)n1. The molecule has 2 fully saturated rings. The summed E-state index contributed by atoms with van der Waals surface area (Å²) < 4.78 is 65.0. The van der Waals surface area contributed by atoms with E-state index in [1.54, 1.807) is 13.8 Å². The van der Waals surface area contributed by atoms with Gasteiger partial charge in [-0.1, -0.05) is 26.7 Å². The molecule has 2 aliphatic rings. The van der Waals surface area contributed by atoms with E-state index in [1.807, 2.05) is 13.8 Å². The van der Waals surface area contributed by atoms with Gasteiger partial charge in [-0.3, -0.25) is 23.2 Å². The normalized spacial score (nSPS) is 27.2. The first kappa shape index (κ1) is 30.3. The Balaban J connectivity index is 1.73. The number of carbonyl (C=O) groups is 2. The van der Waals surface area contributed by atoms with E-state index in [0.717, 1.165) is 19.0 Å². The Labute approximate surface area is 219 Å². The van der Waals surface area contributed by atoms with Crippen molar-refractivity contribution in [2.24, 2.45) is 5.92 Å². The Kier molecular flexibility index (Phi) is 9.80. The van der Waals surface area contributed by atoms with Crippen LogP contribution in [0.1, 0.15) is 66.5 Å². The zero-order chi connectivity index (χ0) is 28.3. The maximum absolute atomic E-state index is 15.4. The van der Waals surface area contributed by atoms with Crippen LogP contribution in [-0.4, -0.2) is 58.3 Å². The molecule has 0 aromatic carbocycles. The summed E-state index contributed by atoms with van der Waals surface area (Å²) in [5.74, 6) is -5.21. The van der Waals surface area contributed by atoms with E-state index in [2.05, 4.69) is 15.4 Å². The van der Waals surface area contributed by atoms with E-state index < -0.39 is 62.5 Å². The third-order valence-electron chi connectivity index (χ3n) is 6.05. The number of esters is 1. The highest BCUT2D eigenvalue weighted by molar-refractivity contribution is 7.51. The van der Waals surface area contributed by atoms with Crippen molar-refractivity contribution in [3.8, 4) is 0 Å². The summed E-state index contributed by atoms with van der Waals surface area (Å²) in [5, 5.41) is 4.87. The third-order valence-corrected chi connectivity index (χ3v) is 7.74. The summed E-state index contributed by atoms with van der Waals surface area (Å²) >= 11 is 0. The molecule has 2 N–H and O–H groups in total.